The SMILES string of the molecule is CO[AsH](=O)[O-].CO[AsH](=O)[O-].[Zn+2]. The van der Waals surface area contributed by atoms with E-state index in [0.717, 1.165) is 14.2 Å². The third-order valence-corrected chi connectivity index (χ3v) is 1.73. The molecule has 0 radical (unpaired) electrons. The van der Waals surface area contributed by atoms with E-state index in [4.69, 9.17) is 0 Å². The van der Waals surface area contributed by atoms with E-state index in [2.05, 4.69) is 7.45 Å². The molecule has 0 N–H and O–H groups in total. The van der Waals surface area contributed by atoms with E-state index in [1.807, 2.05) is 0 Å². The van der Waals surface area contributed by atoms with Crippen molar-refractivity contribution in [2.45, 2.75) is 0 Å². The zero-order chi connectivity index (χ0) is 8.57. The van der Waals surface area contributed by atoms with Crippen molar-refractivity contribution in [3.8, 4) is 0 Å². The molecule has 0 aliphatic rings. The first-order valence-corrected chi connectivity index (χ1v) is 7.18. The summed E-state index contributed by atoms with van der Waals surface area (Å²) in [5, 5.41) is 0. The second-order valence-corrected chi connectivity index (χ2v) is 4.72. The van der Waals surface area contributed by atoms with Gasteiger partial charge in [0.1, 0.15) is 0 Å². The Hall–Kier alpha value is 1.18. The molecule has 0 heterocycles. The maximum Gasteiger partial charge on any atom is 2.00 e. The van der Waals surface area contributed by atoms with Gasteiger partial charge in [-0.25, -0.2) is 0 Å². The summed E-state index contributed by atoms with van der Waals surface area (Å²) in [7, 11) is 2.30. The van der Waals surface area contributed by atoms with Gasteiger partial charge in [0, 0.05) is 0 Å². The Morgan fingerprint density at radius 1 is 1.00 bits per heavy atom. The first kappa shape index (κ1) is 18.1. The Morgan fingerprint density at radius 3 is 1.09 bits per heavy atom. The number of rotatable bonds is 2. The Labute approximate surface area is 87.0 Å². The summed E-state index contributed by atoms with van der Waals surface area (Å²) in [4.78, 5) is 0. The van der Waals surface area contributed by atoms with Gasteiger partial charge in [0.15, 0.2) is 0 Å². The van der Waals surface area contributed by atoms with E-state index >= 15 is 0 Å². The van der Waals surface area contributed by atoms with Crippen LogP contribution in [0.5, 0.6) is 0 Å². The molecule has 0 aliphatic heterocycles. The minimum Gasteiger partial charge on any atom is 2.00 e. The van der Waals surface area contributed by atoms with Gasteiger partial charge < -0.3 is 0 Å². The van der Waals surface area contributed by atoms with E-state index in [-0.39, 0.29) is 19.5 Å². The summed E-state index contributed by atoms with van der Waals surface area (Å²) in [5.74, 6) is 0. The molecule has 0 fully saturated rings. The second-order valence-electron chi connectivity index (χ2n) is 0.908. The van der Waals surface area contributed by atoms with Crippen LogP contribution in [0.25, 0.3) is 0 Å². The monoisotopic (exact) mass is 342 g/mol. The maximum absolute atomic E-state index is 9.28. The van der Waals surface area contributed by atoms with Crippen LogP contribution in [0.4, 0.5) is 0 Å². The van der Waals surface area contributed by atoms with Crippen molar-refractivity contribution >= 4 is 30.5 Å². The molecule has 0 aliphatic carbocycles. The molecule has 0 bridgehead atoms. The molecule has 0 aromatic carbocycles. The molecule has 0 amide bonds. The normalized spacial score (nSPS) is 13.5. The van der Waals surface area contributed by atoms with Gasteiger partial charge >= 0.3 is 87.4 Å². The van der Waals surface area contributed by atoms with Crippen molar-refractivity contribution < 1.29 is 42.6 Å². The van der Waals surface area contributed by atoms with E-state index in [9.17, 15) is 15.7 Å². The third kappa shape index (κ3) is 35.1. The van der Waals surface area contributed by atoms with Gasteiger partial charge in [0.05, 0.1) is 0 Å². The van der Waals surface area contributed by atoms with E-state index in [1.54, 1.807) is 0 Å². The summed E-state index contributed by atoms with van der Waals surface area (Å²) in [6.07, 6.45) is 0. The number of hydrogen-bond acceptors (Lipinski definition) is 6. The Balaban J connectivity index is -0.000000107. The van der Waals surface area contributed by atoms with Crippen molar-refractivity contribution in [1.82, 2.24) is 0 Å². The summed E-state index contributed by atoms with van der Waals surface area (Å²) in [5.41, 5.74) is 0. The summed E-state index contributed by atoms with van der Waals surface area (Å²) < 4.78 is 44.8. The number of hydrogen-bond donors (Lipinski definition) is 0. The molecule has 0 aromatic rings. The summed E-state index contributed by atoms with van der Waals surface area (Å²) >= 11 is -6.71. The van der Waals surface area contributed by atoms with E-state index in [0.29, 0.717) is 0 Å². The van der Waals surface area contributed by atoms with Gasteiger partial charge in [-0.3, -0.25) is 0 Å². The van der Waals surface area contributed by atoms with Crippen molar-refractivity contribution in [3.63, 3.8) is 0 Å². The van der Waals surface area contributed by atoms with Gasteiger partial charge in [-0.05, 0) is 0 Å². The van der Waals surface area contributed by atoms with Crippen LogP contribution in [0, 0.1) is 0 Å². The topological polar surface area (TPSA) is 98.7 Å². The van der Waals surface area contributed by atoms with Gasteiger partial charge in [-0.15, -0.1) is 0 Å². The zero-order valence-electron chi connectivity index (χ0n) is 6.16. The van der Waals surface area contributed by atoms with Gasteiger partial charge in [0.25, 0.3) is 0 Å². The fraction of sp³-hybridized carbons (Fsp3) is 1.00. The Morgan fingerprint density at radius 2 is 1.09 bits per heavy atom. The smallest absolute Gasteiger partial charge is 2.00 e. The van der Waals surface area contributed by atoms with Crippen molar-refractivity contribution in [2.24, 2.45) is 0 Å². The van der Waals surface area contributed by atoms with Crippen LogP contribution < -0.4 is 8.19 Å². The zero-order valence-corrected chi connectivity index (χ0v) is 13.3. The molecule has 11 heavy (non-hydrogen) atoms. The van der Waals surface area contributed by atoms with Gasteiger partial charge in [0.2, 0.25) is 0 Å². The fourth-order valence-electron chi connectivity index (χ4n) is 0. The van der Waals surface area contributed by atoms with Crippen molar-refractivity contribution in [2.75, 3.05) is 14.2 Å². The summed E-state index contributed by atoms with van der Waals surface area (Å²) in [6, 6.07) is 0. The van der Waals surface area contributed by atoms with E-state index < -0.39 is 30.5 Å². The van der Waals surface area contributed by atoms with Crippen molar-refractivity contribution in [3.05, 3.63) is 0 Å². The predicted molar refractivity (Wildman–Crippen MR) is 29.7 cm³/mol. The van der Waals surface area contributed by atoms with E-state index in [1.165, 1.54) is 0 Å². The van der Waals surface area contributed by atoms with Crippen LogP contribution in [0.3, 0.4) is 0 Å². The molecular formula is C2H8As2O6Zn. The van der Waals surface area contributed by atoms with Crippen LogP contribution in [-0.4, -0.2) is 44.8 Å². The quantitative estimate of drug-likeness (QED) is 0.478. The molecule has 6 nitrogen and oxygen atoms in total. The largest absolute Gasteiger partial charge is 2.00 e. The third-order valence-electron chi connectivity index (χ3n) is 0.333. The molecule has 0 aromatic heterocycles. The molecule has 0 rings (SSSR count). The molecule has 0 saturated heterocycles. The first-order chi connectivity index (χ1) is 4.54. The molecule has 0 saturated carbocycles. The Bertz CT molecular complexity index is 103. The molecular weight excluding hydrogens is 335 g/mol. The van der Waals surface area contributed by atoms with Crippen LogP contribution in [0.2, 0.25) is 0 Å². The molecule has 2 unspecified atom stereocenters. The first-order valence-electron chi connectivity index (χ1n) is 2.04. The minimum atomic E-state index is -3.36. The van der Waals surface area contributed by atoms with Gasteiger partial charge in [-0.2, -0.15) is 0 Å². The molecule has 9 heteroatoms. The fourth-order valence-corrected chi connectivity index (χ4v) is 0. The second kappa shape index (κ2) is 13.7. The maximum atomic E-state index is 9.28. The van der Waals surface area contributed by atoms with Gasteiger partial charge in [-0.1, -0.05) is 0 Å². The average Bonchev–Trinajstić information content (AvgIpc) is 1.89. The van der Waals surface area contributed by atoms with Crippen molar-refractivity contribution in [1.29, 1.82) is 0 Å². The Kier molecular flexibility index (Phi) is 22.6. The molecule has 2 atom stereocenters. The van der Waals surface area contributed by atoms with Crippen LogP contribution in [0.1, 0.15) is 0 Å². The average molecular weight is 343 g/mol. The summed E-state index contributed by atoms with van der Waals surface area (Å²) in [6.45, 7) is 0. The standard InChI is InChI=1S/2CH5AsO3.Zn/c2*1-5-2(3)4;/h2*2H,1H3,(H,3,4);/q;;+2/p-2. The minimum absolute atomic E-state index is 0. The molecule has 64 valence electrons. The predicted octanol–water partition coefficient (Wildman–Crippen LogP) is -3.72. The van der Waals surface area contributed by atoms with Crippen LogP contribution in [-0.2, 0) is 34.4 Å². The van der Waals surface area contributed by atoms with Crippen LogP contribution in [0.15, 0.2) is 0 Å². The molecule has 0 spiro atoms. The van der Waals surface area contributed by atoms with Crippen LogP contribution >= 0.6 is 0 Å².